The summed E-state index contributed by atoms with van der Waals surface area (Å²) >= 11 is 0. The molecular weight excluding hydrogens is 973 g/mol. The Hall–Kier alpha value is -3.67. The molecule has 0 aliphatic rings. The van der Waals surface area contributed by atoms with Crippen LogP contribution in [0.15, 0.2) is 97.2 Å². The van der Waals surface area contributed by atoms with Crippen LogP contribution in [0.3, 0.4) is 0 Å². The molecule has 0 saturated carbocycles. The van der Waals surface area contributed by atoms with Crippen molar-refractivity contribution in [2.75, 3.05) is 13.2 Å². The fourth-order valence-corrected chi connectivity index (χ4v) is 9.54. The number of hydrogen-bond donors (Lipinski definition) is 0. The molecule has 6 nitrogen and oxygen atoms in total. The van der Waals surface area contributed by atoms with Gasteiger partial charge in [0.1, 0.15) is 13.2 Å². The molecule has 0 N–H and O–H groups in total. The van der Waals surface area contributed by atoms with E-state index in [9.17, 15) is 14.4 Å². The van der Waals surface area contributed by atoms with Crippen molar-refractivity contribution in [2.24, 2.45) is 0 Å². The lowest BCUT2D eigenvalue weighted by atomic mass is 10.0. The van der Waals surface area contributed by atoms with E-state index in [-0.39, 0.29) is 31.1 Å². The van der Waals surface area contributed by atoms with E-state index in [1.165, 1.54) is 180 Å². The molecule has 0 fully saturated rings. The van der Waals surface area contributed by atoms with Gasteiger partial charge in [0.15, 0.2) is 6.10 Å². The molecule has 0 saturated heterocycles. The second kappa shape index (κ2) is 66.8. The summed E-state index contributed by atoms with van der Waals surface area (Å²) in [6.45, 7) is 6.46. The summed E-state index contributed by atoms with van der Waals surface area (Å²) in [5.41, 5.74) is 0. The van der Waals surface area contributed by atoms with Gasteiger partial charge in [0.05, 0.1) is 0 Å². The first-order chi connectivity index (χ1) is 39.0. The summed E-state index contributed by atoms with van der Waals surface area (Å²) in [7, 11) is 0. The van der Waals surface area contributed by atoms with E-state index < -0.39 is 6.10 Å². The third-order valence-electron chi connectivity index (χ3n) is 14.6. The van der Waals surface area contributed by atoms with Crippen molar-refractivity contribution < 1.29 is 28.6 Å². The highest BCUT2D eigenvalue weighted by Gasteiger charge is 2.19. The van der Waals surface area contributed by atoms with Crippen LogP contribution in [0.5, 0.6) is 0 Å². The zero-order valence-electron chi connectivity index (χ0n) is 52.1. The molecule has 0 heterocycles. The average molecular weight is 1100 g/mol. The molecule has 0 aromatic heterocycles. The van der Waals surface area contributed by atoms with Gasteiger partial charge in [-0.1, -0.05) is 304 Å². The second-order valence-corrected chi connectivity index (χ2v) is 22.4. The largest absolute Gasteiger partial charge is 0.462 e. The van der Waals surface area contributed by atoms with Gasteiger partial charge in [-0.15, -0.1) is 0 Å². The van der Waals surface area contributed by atoms with Crippen LogP contribution in [0.4, 0.5) is 0 Å². The molecule has 1 atom stereocenters. The summed E-state index contributed by atoms with van der Waals surface area (Å²) in [6, 6.07) is 0. The molecule has 0 rings (SSSR count). The van der Waals surface area contributed by atoms with Crippen LogP contribution in [-0.2, 0) is 28.6 Å². The number of esters is 3. The maximum Gasteiger partial charge on any atom is 0.306 e. The fourth-order valence-electron chi connectivity index (χ4n) is 9.54. The molecule has 0 bridgehead atoms. The van der Waals surface area contributed by atoms with E-state index in [2.05, 4.69) is 118 Å². The topological polar surface area (TPSA) is 78.9 Å². The minimum Gasteiger partial charge on any atom is -0.462 e. The molecular formula is C73H126O6. The molecule has 0 aromatic rings. The minimum absolute atomic E-state index is 0.0757. The first-order valence-electron chi connectivity index (χ1n) is 33.7. The Labute approximate surface area is 489 Å². The van der Waals surface area contributed by atoms with Crippen molar-refractivity contribution in [1.82, 2.24) is 0 Å². The minimum atomic E-state index is -0.775. The molecule has 79 heavy (non-hydrogen) atoms. The summed E-state index contributed by atoms with van der Waals surface area (Å²) < 4.78 is 16.8. The van der Waals surface area contributed by atoms with Gasteiger partial charge in [0, 0.05) is 19.3 Å². The predicted molar refractivity (Wildman–Crippen MR) is 344 cm³/mol. The van der Waals surface area contributed by atoms with E-state index >= 15 is 0 Å². The van der Waals surface area contributed by atoms with Crippen LogP contribution in [-0.4, -0.2) is 37.2 Å². The highest BCUT2D eigenvalue weighted by atomic mass is 16.6. The van der Waals surface area contributed by atoms with Crippen molar-refractivity contribution in [3.05, 3.63) is 97.2 Å². The number of allylic oxidation sites excluding steroid dienone is 16. The number of rotatable bonds is 61. The van der Waals surface area contributed by atoms with Gasteiger partial charge in [-0.3, -0.25) is 14.4 Å². The van der Waals surface area contributed by atoms with Gasteiger partial charge in [0.25, 0.3) is 0 Å². The first-order valence-corrected chi connectivity index (χ1v) is 33.7. The van der Waals surface area contributed by atoms with Crippen LogP contribution in [0, 0.1) is 0 Å². The Bertz CT molecular complexity index is 1540. The normalized spacial score (nSPS) is 12.7. The van der Waals surface area contributed by atoms with E-state index in [0.29, 0.717) is 19.3 Å². The molecule has 0 spiro atoms. The molecule has 1 unspecified atom stereocenters. The van der Waals surface area contributed by atoms with Crippen molar-refractivity contribution in [3.63, 3.8) is 0 Å². The predicted octanol–water partition coefficient (Wildman–Crippen LogP) is 23.2. The third-order valence-corrected chi connectivity index (χ3v) is 14.6. The molecule has 0 aromatic carbocycles. The SMILES string of the molecule is CC/C=C\C/C=C\C/C=C\C/C=C\C/C=C\C/C=C\CCCCCCCCCCCCCCCCC(=O)OCC(COC(=O)CCCCCCC)OC(=O)CCCCCCCCCCCCC/C=C\C/C=C\CCCCCCC. The van der Waals surface area contributed by atoms with Crippen LogP contribution >= 0.6 is 0 Å². The second-order valence-electron chi connectivity index (χ2n) is 22.4. The van der Waals surface area contributed by atoms with Crippen molar-refractivity contribution in [1.29, 1.82) is 0 Å². The van der Waals surface area contributed by atoms with Crippen LogP contribution in [0.1, 0.15) is 329 Å². The maximum absolute atomic E-state index is 12.8. The summed E-state index contributed by atoms with van der Waals surface area (Å²) in [5, 5.41) is 0. The van der Waals surface area contributed by atoms with Crippen LogP contribution in [0.25, 0.3) is 0 Å². The van der Waals surface area contributed by atoms with Gasteiger partial charge in [-0.05, 0) is 103 Å². The van der Waals surface area contributed by atoms with Gasteiger partial charge in [-0.25, -0.2) is 0 Å². The number of hydrogen-bond acceptors (Lipinski definition) is 6. The average Bonchev–Trinajstić information content (AvgIpc) is 3.45. The zero-order chi connectivity index (χ0) is 57.1. The Kier molecular flexibility index (Phi) is 63.7. The molecule has 0 radical (unpaired) electrons. The van der Waals surface area contributed by atoms with Crippen LogP contribution in [0.2, 0.25) is 0 Å². The molecule has 6 heteroatoms. The maximum atomic E-state index is 12.8. The molecule has 0 aliphatic carbocycles. The first kappa shape index (κ1) is 75.3. The summed E-state index contributed by atoms with van der Waals surface area (Å²) in [4.78, 5) is 38.0. The lowest BCUT2D eigenvalue weighted by Gasteiger charge is -2.18. The fraction of sp³-hybridized carbons (Fsp3) is 0.740. The molecule has 0 aliphatic heterocycles. The Morgan fingerprint density at radius 2 is 0.494 bits per heavy atom. The van der Waals surface area contributed by atoms with Crippen molar-refractivity contribution >= 4 is 17.9 Å². The lowest BCUT2D eigenvalue weighted by molar-refractivity contribution is -0.167. The van der Waals surface area contributed by atoms with Gasteiger partial charge in [0.2, 0.25) is 0 Å². The van der Waals surface area contributed by atoms with Crippen LogP contribution < -0.4 is 0 Å². The number of unbranched alkanes of at least 4 members (excludes halogenated alkanes) is 34. The molecule has 454 valence electrons. The highest BCUT2D eigenvalue weighted by Crippen LogP contribution is 2.17. The lowest BCUT2D eigenvalue weighted by Crippen LogP contribution is -2.30. The van der Waals surface area contributed by atoms with E-state index in [1.54, 1.807) is 0 Å². The summed E-state index contributed by atoms with van der Waals surface area (Å²) in [6.07, 6.45) is 90.5. The Morgan fingerprint density at radius 1 is 0.266 bits per heavy atom. The number of carbonyl (C=O) groups is 3. The van der Waals surface area contributed by atoms with Gasteiger partial charge < -0.3 is 14.2 Å². The van der Waals surface area contributed by atoms with Crippen molar-refractivity contribution in [3.8, 4) is 0 Å². The van der Waals surface area contributed by atoms with E-state index in [0.717, 1.165) is 109 Å². The van der Waals surface area contributed by atoms with Gasteiger partial charge in [-0.2, -0.15) is 0 Å². The summed E-state index contributed by atoms with van der Waals surface area (Å²) in [5.74, 6) is -0.881. The number of ether oxygens (including phenoxy) is 3. The highest BCUT2D eigenvalue weighted by molar-refractivity contribution is 5.71. The Balaban J connectivity index is 3.99. The van der Waals surface area contributed by atoms with Crippen molar-refractivity contribution in [2.45, 2.75) is 335 Å². The van der Waals surface area contributed by atoms with E-state index in [1.807, 2.05) is 0 Å². The smallest absolute Gasteiger partial charge is 0.306 e. The zero-order valence-corrected chi connectivity index (χ0v) is 52.1. The van der Waals surface area contributed by atoms with E-state index in [4.69, 9.17) is 14.2 Å². The third kappa shape index (κ3) is 65.0. The standard InChI is InChI=1S/C73H126O6/c1-4-7-10-13-15-17-19-21-23-25-27-29-31-32-33-34-35-36-37-38-39-40-42-43-45-47-49-51-53-55-57-60-63-66-72(75)78-69-70(68-77-71(74)65-62-59-12-9-6-3)79-73(76)67-64-61-58-56-54-52-50-48-46-44-41-30-28-26-24-22-20-18-16-14-11-8-5-2/h7,10,15,17,20-23,26-29,32-33,35-36,70H,4-6,8-9,11-14,16,18-19,24-25,30-31,34,37-69H2,1-3H3/b10-7-,17-15-,22-20-,23-21-,28-26-,29-27-,33-32-,36-35-. The Morgan fingerprint density at radius 3 is 0.772 bits per heavy atom. The number of carbonyl (C=O) groups excluding carboxylic acids is 3. The monoisotopic (exact) mass is 1100 g/mol. The van der Waals surface area contributed by atoms with Gasteiger partial charge >= 0.3 is 17.9 Å². The molecule has 0 amide bonds. The quantitative estimate of drug-likeness (QED) is 0.0261.